The van der Waals surface area contributed by atoms with E-state index in [1.54, 1.807) is 0 Å². The number of unbranched alkanes of at least 4 members (excludes halogenated alkanes) is 4. The first-order valence-corrected chi connectivity index (χ1v) is 17.5. The van der Waals surface area contributed by atoms with Crippen molar-refractivity contribution in [3.63, 3.8) is 0 Å². The van der Waals surface area contributed by atoms with Crippen molar-refractivity contribution in [1.29, 1.82) is 0 Å². The van der Waals surface area contributed by atoms with Crippen molar-refractivity contribution in [3.05, 3.63) is 83.9 Å². The molecule has 2 aromatic carbocycles. The van der Waals surface area contributed by atoms with Crippen LogP contribution in [0.15, 0.2) is 67.3 Å². The van der Waals surface area contributed by atoms with E-state index in [2.05, 4.69) is 103 Å². The molecule has 0 saturated heterocycles. The Morgan fingerprint density at radius 3 is 1.74 bits per heavy atom. The monoisotopic (exact) mass is 603 g/mol. The average molecular weight is 603 g/mol. The second-order valence-corrected chi connectivity index (χ2v) is 11.7. The predicted octanol–water partition coefficient (Wildman–Crippen LogP) is 12.9. The van der Waals surface area contributed by atoms with Gasteiger partial charge < -0.3 is 11.0 Å². The summed E-state index contributed by atoms with van der Waals surface area (Å²) in [6.45, 7) is 29.4. The van der Waals surface area contributed by atoms with Crippen LogP contribution in [0.25, 0.3) is 0 Å². The maximum Gasteiger partial charge on any atom is -0.0162 e. The Hall–Kier alpha value is -1.90. The Labute approximate surface area is 271 Å². The lowest BCUT2D eigenvalue weighted by molar-refractivity contribution is 0.316. The van der Waals surface area contributed by atoms with Gasteiger partial charge in [0.1, 0.15) is 0 Å². The Morgan fingerprint density at radius 2 is 1.30 bits per heavy atom. The van der Waals surface area contributed by atoms with E-state index in [-0.39, 0.29) is 11.0 Å². The highest BCUT2D eigenvalue weighted by atomic mass is 16.0. The number of rotatable bonds is 9. The van der Waals surface area contributed by atoms with Crippen LogP contribution in [-0.2, 0) is 6.42 Å². The van der Waals surface area contributed by atoms with E-state index in [0.29, 0.717) is 5.41 Å². The fourth-order valence-electron chi connectivity index (χ4n) is 4.89. The maximum atomic E-state index is 3.72. The van der Waals surface area contributed by atoms with Gasteiger partial charge in [-0.25, -0.2) is 0 Å². The Morgan fingerprint density at radius 1 is 0.767 bits per heavy atom. The first-order chi connectivity index (χ1) is 19.8. The smallest absolute Gasteiger partial charge is 0.0162 e. The molecular weight excluding hydrogens is 524 g/mol. The van der Waals surface area contributed by atoms with Crippen molar-refractivity contribution >= 4 is 0 Å². The highest BCUT2D eigenvalue weighted by molar-refractivity contribution is 5.22. The van der Waals surface area contributed by atoms with Gasteiger partial charge in [-0.2, -0.15) is 0 Å². The minimum absolute atomic E-state index is 0. The van der Waals surface area contributed by atoms with Crippen LogP contribution in [0, 0.1) is 18.3 Å². The molecule has 4 N–H and O–H groups in total. The molecule has 1 saturated carbocycles. The first kappa shape index (κ1) is 50.7. The van der Waals surface area contributed by atoms with Gasteiger partial charge in [-0.15, -0.1) is 6.58 Å². The lowest BCUT2D eigenvalue weighted by Gasteiger charge is -2.27. The van der Waals surface area contributed by atoms with E-state index in [4.69, 9.17) is 0 Å². The molecule has 0 bridgehead atoms. The van der Waals surface area contributed by atoms with Crippen LogP contribution in [-0.4, -0.2) is 11.0 Å². The average Bonchev–Trinajstić information content (AvgIpc) is 3.02. The second kappa shape index (κ2) is 36.3. The summed E-state index contributed by atoms with van der Waals surface area (Å²) in [5.74, 6) is 1.70. The molecule has 1 unspecified atom stereocenters. The maximum absolute atomic E-state index is 3.72. The minimum Gasteiger partial charge on any atom is -0.412 e. The number of aryl methyl sites for hydroxylation is 2. The molecule has 0 heterocycles. The first-order valence-electron chi connectivity index (χ1n) is 17.5. The molecule has 0 aromatic heterocycles. The summed E-state index contributed by atoms with van der Waals surface area (Å²) < 4.78 is 0. The third-order valence-electron chi connectivity index (χ3n) is 7.26. The predicted molar refractivity (Wildman–Crippen MR) is 201 cm³/mol. The summed E-state index contributed by atoms with van der Waals surface area (Å²) in [4.78, 5) is 0. The van der Waals surface area contributed by atoms with Gasteiger partial charge in [-0.3, -0.25) is 0 Å². The lowest BCUT2D eigenvalue weighted by atomic mass is 9.78. The molecule has 3 rings (SSSR count). The quantitative estimate of drug-likeness (QED) is 0.202. The zero-order valence-corrected chi connectivity index (χ0v) is 31.1. The van der Waals surface area contributed by atoms with Gasteiger partial charge in [0, 0.05) is 0 Å². The lowest BCUT2D eigenvalue weighted by Crippen LogP contribution is -2.13. The standard InChI is InChI=1S/C14H20.C12H24.C9H12.3C2H6.2H2O/c1-12(13-8-4-2-5-9-13)14-10-6-3-7-11-14;1-5-6-7-8-9-10-11-12(2,3)4;1-3-9-6-4-5-8(2)7-9;3*1-2;;/h2,4-5,8-9,12,14H,3,6-7,10-11H2,1H3;5H,1,6-11H2,2-4H3;4-7H,3H2,1-2H3;3*1-2H3;2*1H2. The van der Waals surface area contributed by atoms with E-state index >= 15 is 0 Å². The third kappa shape index (κ3) is 31.3. The molecule has 1 atom stereocenters. The zero-order valence-electron chi connectivity index (χ0n) is 31.1. The topological polar surface area (TPSA) is 63.0 Å². The van der Waals surface area contributed by atoms with Crippen LogP contribution in [0.4, 0.5) is 0 Å². The summed E-state index contributed by atoms with van der Waals surface area (Å²) in [5.41, 5.74) is 4.84. The van der Waals surface area contributed by atoms with Gasteiger partial charge in [-0.05, 0) is 73.8 Å². The van der Waals surface area contributed by atoms with Crippen LogP contribution >= 0.6 is 0 Å². The Balaban J connectivity index is -0.000000153. The molecule has 1 fully saturated rings. The van der Waals surface area contributed by atoms with Gasteiger partial charge in [-0.1, -0.05) is 181 Å². The van der Waals surface area contributed by atoms with Crippen molar-refractivity contribution in [2.45, 2.75) is 166 Å². The Kier molecular flexibility index (Phi) is 42.8. The van der Waals surface area contributed by atoms with E-state index in [1.165, 1.54) is 87.3 Å². The van der Waals surface area contributed by atoms with Gasteiger partial charge >= 0.3 is 0 Å². The molecule has 254 valence electrons. The van der Waals surface area contributed by atoms with Gasteiger partial charge in [0.25, 0.3) is 0 Å². The molecule has 1 aliphatic carbocycles. The van der Waals surface area contributed by atoms with Crippen molar-refractivity contribution < 1.29 is 11.0 Å². The molecule has 1 aliphatic rings. The molecule has 2 aromatic rings. The van der Waals surface area contributed by atoms with Crippen molar-refractivity contribution in [3.8, 4) is 0 Å². The fourth-order valence-corrected chi connectivity index (χ4v) is 4.89. The highest BCUT2D eigenvalue weighted by Gasteiger charge is 2.20. The highest BCUT2D eigenvalue weighted by Crippen LogP contribution is 2.35. The molecule has 0 spiro atoms. The van der Waals surface area contributed by atoms with Crippen LogP contribution in [0.3, 0.4) is 0 Å². The van der Waals surface area contributed by atoms with E-state index < -0.39 is 0 Å². The van der Waals surface area contributed by atoms with Crippen LogP contribution in [0.5, 0.6) is 0 Å². The van der Waals surface area contributed by atoms with Gasteiger partial charge in [0.2, 0.25) is 0 Å². The minimum atomic E-state index is 0. The molecule has 0 aliphatic heterocycles. The Bertz CT molecular complexity index is 770. The molecule has 0 radical (unpaired) electrons. The van der Waals surface area contributed by atoms with Gasteiger partial charge in [0.05, 0.1) is 0 Å². The number of benzene rings is 2. The fraction of sp³-hybridized carbons (Fsp3) is 0.659. The summed E-state index contributed by atoms with van der Waals surface area (Å²) in [5, 5.41) is 0. The molecule has 2 nitrogen and oxygen atoms in total. The van der Waals surface area contributed by atoms with E-state index in [9.17, 15) is 0 Å². The summed E-state index contributed by atoms with van der Waals surface area (Å²) in [7, 11) is 0. The number of hydrogen-bond acceptors (Lipinski definition) is 0. The molecule has 2 heteroatoms. The third-order valence-corrected chi connectivity index (χ3v) is 7.26. The van der Waals surface area contributed by atoms with Crippen molar-refractivity contribution in [2.75, 3.05) is 0 Å². The zero-order chi connectivity index (χ0) is 31.9. The van der Waals surface area contributed by atoms with Crippen LogP contribution < -0.4 is 0 Å². The number of allylic oxidation sites excluding steroid dienone is 1. The molecule has 43 heavy (non-hydrogen) atoms. The summed E-state index contributed by atoms with van der Waals surface area (Å²) in [6.07, 6.45) is 18.4. The van der Waals surface area contributed by atoms with Crippen LogP contribution in [0.2, 0.25) is 0 Å². The largest absolute Gasteiger partial charge is 0.412 e. The van der Waals surface area contributed by atoms with Crippen LogP contribution in [0.1, 0.15) is 169 Å². The summed E-state index contributed by atoms with van der Waals surface area (Å²) >= 11 is 0. The molecular formula is C41H78O2. The van der Waals surface area contributed by atoms with Crippen molar-refractivity contribution in [2.24, 2.45) is 11.3 Å². The van der Waals surface area contributed by atoms with Gasteiger partial charge in [0.15, 0.2) is 0 Å². The van der Waals surface area contributed by atoms with Crippen molar-refractivity contribution in [1.82, 2.24) is 0 Å². The molecule has 0 amide bonds. The normalized spacial score (nSPS) is 12.4. The number of hydrogen-bond donors (Lipinski definition) is 0. The second-order valence-electron chi connectivity index (χ2n) is 11.7. The summed E-state index contributed by atoms with van der Waals surface area (Å²) in [6, 6.07) is 19.6. The van der Waals surface area contributed by atoms with E-state index in [1.807, 2.05) is 47.6 Å². The SMILES string of the molecule is C=CCCCCCCC(C)(C)C.CC.CC.CC.CC(c1ccccc1)C1CCCCC1.CCc1cccc(C)c1.O.O. The van der Waals surface area contributed by atoms with E-state index in [0.717, 1.165) is 18.3 Å².